The maximum Gasteiger partial charge on any atom is 0.133 e. The van der Waals surface area contributed by atoms with Crippen LogP contribution in [0.5, 0.6) is 0 Å². The molecule has 0 aromatic heterocycles. The van der Waals surface area contributed by atoms with Gasteiger partial charge in [0.05, 0.1) is 0 Å². The summed E-state index contributed by atoms with van der Waals surface area (Å²) in [7, 11) is 0. The molecule has 5 aliphatic rings. The Balaban J connectivity index is 1.79. The van der Waals surface area contributed by atoms with Crippen molar-refractivity contribution in [1.29, 1.82) is 0 Å². The number of ketones is 1. The van der Waals surface area contributed by atoms with Gasteiger partial charge in [-0.25, -0.2) is 0 Å². The Morgan fingerprint density at radius 2 is 1.75 bits per heavy atom. The van der Waals surface area contributed by atoms with Crippen LogP contribution in [0.15, 0.2) is 0 Å². The first-order valence-electron chi connectivity index (χ1n) is 5.29. The minimum atomic E-state index is 0.485. The highest BCUT2D eigenvalue weighted by atomic mass is 16.1. The van der Waals surface area contributed by atoms with Crippen molar-refractivity contribution in [1.82, 2.24) is 0 Å². The molecule has 64 valence electrons. The van der Waals surface area contributed by atoms with E-state index in [1.54, 1.807) is 6.92 Å². The van der Waals surface area contributed by atoms with Crippen molar-refractivity contribution in [3.05, 3.63) is 0 Å². The summed E-state index contributed by atoms with van der Waals surface area (Å²) in [5.41, 5.74) is 0. The zero-order valence-corrected chi connectivity index (χ0v) is 7.36. The second-order valence-electron chi connectivity index (χ2n) is 5.41. The normalized spacial score (nSPS) is 68.9. The van der Waals surface area contributed by atoms with Gasteiger partial charge in [0, 0.05) is 5.92 Å². The van der Waals surface area contributed by atoms with Crippen LogP contribution in [-0.4, -0.2) is 5.78 Å². The summed E-state index contributed by atoms with van der Waals surface area (Å²) in [6, 6.07) is 0. The van der Waals surface area contributed by atoms with E-state index in [1.165, 1.54) is 12.8 Å². The maximum atomic E-state index is 11.4. The van der Waals surface area contributed by atoms with Gasteiger partial charge >= 0.3 is 0 Å². The Morgan fingerprint density at radius 3 is 2.25 bits per heavy atom. The predicted molar refractivity (Wildman–Crippen MR) is 44.3 cm³/mol. The van der Waals surface area contributed by atoms with Crippen LogP contribution in [0, 0.1) is 41.4 Å². The molecule has 0 aromatic carbocycles. The Bertz CT molecular complexity index is 283. The van der Waals surface area contributed by atoms with Crippen LogP contribution in [0.25, 0.3) is 0 Å². The second-order valence-corrected chi connectivity index (χ2v) is 5.41. The van der Waals surface area contributed by atoms with Gasteiger partial charge in [-0.3, -0.25) is 4.79 Å². The first-order chi connectivity index (χ1) is 5.79. The third-order valence-electron chi connectivity index (χ3n) is 5.33. The fourth-order valence-corrected chi connectivity index (χ4v) is 5.18. The number of carbonyl (C=O) groups is 1. The molecule has 0 spiro atoms. The van der Waals surface area contributed by atoms with Gasteiger partial charge in [-0.15, -0.1) is 0 Å². The molecule has 0 saturated heterocycles. The van der Waals surface area contributed by atoms with Crippen molar-refractivity contribution in [2.24, 2.45) is 41.4 Å². The van der Waals surface area contributed by atoms with Gasteiger partial charge in [0.15, 0.2) is 0 Å². The lowest BCUT2D eigenvalue weighted by molar-refractivity contribution is -0.122. The predicted octanol–water partition coefficient (Wildman–Crippen LogP) is 1.72. The SMILES string of the molecule is CC(=O)[C@H]1C[C@@H]2[C@@H]3C[C@H]4[C@@H]2[C@H]4[C@H]31. The molecule has 7 atom stereocenters. The second kappa shape index (κ2) is 1.51. The number of hydrogen-bond acceptors (Lipinski definition) is 1. The third-order valence-corrected chi connectivity index (χ3v) is 5.33. The van der Waals surface area contributed by atoms with Crippen LogP contribution in [-0.2, 0) is 4.79 Å². The number of rotatable bonds is 1. The number of Topliss-reactive ketones (excluding diaryl/α,β-unsaturated/α-hetero) is 1. The minimum absolute atomic E-state index is 0.485. The lowest BCUT2D eigenvalue weighted by Crippen LogP contribution is -2.20. The molecule has 0 heterocycles. The van der Waals surface area contributed by atoms with Crippen LogP contribution < -0.4 is 0 Å². The molecule has 5 saturated carbocycles. The average molecular weight is 162 g/mol. The molecular formula is C11H14O. The summed E-state index contributed by atoms with van der Waals surface area (Å²) in [6.07, 6.45) is 2.76. The summed E-state index contributed by atoms with van der Waals surface area (Å²) in [5.74, 6) is 7.07. The summed E-state index contributed by atoms with van der Waals surface area (Å²) >= 11 is 0. The molecule has 6 bridgehead atoms. The molecule has 0 amide bonds. The standard InChI is InChI=1S/C11H14O/c1-4(12)5-2-6-7-3-8-10(6)11(8)9(5)7/h5-11H,2-3H2,1H3/t5-,6-,7+,8+,9+,10-,11-/m1/s1. The highest BCUT2D eigenvalue weighted by Gasteiger charge is 2.77. The minimum Gasteiger partial charge on any atom is -0.300 e. The molecule has 1 nitrogen and oxygen atoms in total. The molecule has 0 unspecified atom stereocenters. The van der Waals surface area contributed by atoms with Gasteiger partial charge in [0.1, 0.15) is 5.78 Å². The quantitative estimate of drug-likeness (QED) is 0.574. The molecule has 0 aliphatic heterocycles. The largest absolute Gasteiger partial charge is 0.300 e. The number of hydrogen-bond donors (Lipinski definition) is 0. The first-order valence-corrected chi connectivity index (χ1v) is 5.29. The Labute approximate surface area is 72.5 Å². The van der Waals surface area contributed by atoms with Crippen molar-refractivity contribution in [3.8, 4) is 0 Å². The first kappa shape index (κ1) is 6.17. The highest BCUT2D eigenvalue weighted by Crippen LogP contribution is 2.82. The van der Waals surface area contributed by atoms with E-state index in [9.17, 15) is 4.79 Å². The summed E-state index contributed by atoms with van der Waals surface area (Å²) in [5, 5.41) is 0. The molecular weight excluding hydrogens is 148 g/mol. The van der Waals surface area contributed by atoms with Crippen molar-refractivity contribution in [2.45, 2.75) is 19.8 Å². The Morgan fingerprint density at radius 1 is 1.00 bits per heavy atom. The fourth-order valence-electron chi connectivity index (χ4n) is 5.18. The van der Waals surface area contributed by atoms with E-state index in [2.05, 4.69) is 0 Å². The van der Waals surface area contributed by atoms with Gasteiger partial charge in [-0.1, -0.05) is 0 Å². The molecule has 0 radical (unpaired) electrons. The van der Waals surface area contributed by atoms with Gasteiger partial charge in [-0.05, 0) is 55.3 Å². The van der Waals surface area contributed by atoms with E-state index in [0.29, 0.717) is 11.7 Å². The van der Waals surface area contributed by atoms with E-state index in [0.717, 1.165) is 35.5 Å². The maximum absolute atomic E-state index is 11.4. The van der Waals surface area contributed by atoms with Crippen LogP contribution in [0.4, 0.5) is 0 Å². The highest BCUT2D eigenvalue weighted by molar-refractivity contribution is 5.79. The van der Waals surface area contributed by atoms with Crippen molar-refractivity contribution >= 4 is 5.78 Å². The van der Waals surface area contributed by atoms with Crippen molar-refractivity contribution < 1.29 is 4.79 Å². The van der Waals surface area contributed by atoms with E-state index < -0.39 is 0 Å². The van der Waals surface area contributed by atoms with Gasteiger partial charge in [-0.2, -0.15) is 0 Å². The molecule has 5 aliphatic carbocycles. The third kappa shape index (κ3) is 0.419. The lowest BCUT2D eigenvalue weighted by atomic mass is 9.86. The van der Waals surface area contributed by atoms with E-state index in [4.69, 9.17) is 0 Å². The molecule has 5 rings (SSSR count). The monoisotopic (exact) mass is 162 g/mol. The Hall–Kier alpha value is -0.330. The molecule has 0 N–H and O–H groups in total. The van der Waals surface area contributed by atoms with Crippen LogP contribution in [0.1, 0.15) is 19.8 Å². The Kier molecular flexibility index (Phi) is 0.779. The molecule has 5 fully saturated rings. The van der Waals surface area contributed by atoms with Gasteiger partial charge in [0.25, 0.3) is 0 Å². The van der Waals surface area contributed by atoms with Gasteiger partial charge < -0.3 is 0 Å². The summed E-state index contributed by atoms with van der Waals surface area (Å²) in [6.45, 7) is 1.81. The average Bonchev–Trinajstić information content (AvgIpc) is 2.45. The van der Waals surface area contributed by atoms with E-state index in [-0.39, 0.29) is 0 Å². The summed E-state index contributed by atoms with van der Waals surface area (Å²) < 4.78 is 0. The molecule has 12 heavy (non-hydrogen) atoms. The fraction of sp³-hybridized carbons (Fsp3) is 0.909. The zero-order valence-electron chi connectivity index (χ0n) is 7.36. The zero-order chi connectivity index (χ0) is 8.03. The lowest BCUT2D eigenvalue weighted by Gasteiger charge is -2.17. The molecule has 1 heteroatoms. The summed E-state index contributed by atoms with van der Waals surface area (Å²) in [4.78, 5) is 11.4. The van der Waals surface area contributed by atoms with Crippen molar-refractivity contribution in [3.63, 3.8) is 0 Å². The van der Waals surface area contributed by atoms with E-state index >= 15 is 0 Å². The van der Waals surface area contributed by atoms with Gasteiger partial charge in [0.2, 0.25) is 0 Å². The van der Waals surface area contributed by atoms with Crippen LogP contribution in [0.3, 0.4) is 0 Å². The van der Waals surface area contributed by atoms with Crippen LogP contribution in [0.2, 0.25) is 0 Å². The van der Waals surface area contributed by atoms with Crippen LogP contribution >= 0.6 is 0 Å². The topological polar surface area (TPSA) is 17.1 Å². The number of carbonyl (C=O) groups excluding carboxylic acids is 1. The van der Waals surface area contributed by atoms with E-state index in [1.807, 2.05) is 0 Å². The smallest absolute Gasteiger partial charge is 0.133 e. The molecule has 0 aromatic rings. The van der Waals surface area contributed by atoms with Crippen molar-refractivity contribution in [2.75, 3.05) is 0 Å².